The summed E-state index contributed by atoms with van der Waals surface area (Å²) in [6.07, 6.45) is 0.901. The van der Waals surface area contributed by atoms with E-state index in [4.69, 9.17) is 0 Å². The molecular weight excluding hydrogens is 290 g/mol. The van der Waals surface area contributed by atoms with Crippen molar-refractivity contribution >= 4 is 22.8 Å². The maximum absolute atomic E-state index is 12.5. The first-order chi connectivity index (χ1) is 11.0. The minimum absolute atomic E-state index is 0.0344. The molecule has 118 valence electrons. The summed E-state index contributed by atoms with van der Waals surface area (Å²) in [6, 6.07) is 8.39. The van der Waals surface area contributed by atoms with Gasteiger partial charge in [0.25, 0.3) is 0 Å². The van der Waals surface area contributed by atoms with Crippen molar-refractivity contribution in [2.75, 3.05) is 5.32 Å². The summed E-state index contributed by atoms with van der Waals surface area (Å²) in [6.45, 7) is 3.99. The number of carbonyl (C=O) groups is 1. The summed E-state index contributed by atoms with van der Waals surface area (Å²) < 4.78 is 1.71. The number of fused-ring (bicyclic) bond motifs is 1. The second-order valence-corrected chi connectivity index (χ2v) is 6.36. The fourth-order valence-electron chi connectivity index (χ4n) is 3.29. The van der Waals surface area contributed by atoms with Crippen LogP contribution in [0.1, 0.15) is 29.2 Å². The lowest BCUT2D eigenvalue weighted by Crippen LogP contribution is -2.15. The molecule has 2 heterocycles. The summed E-state index contributed by atoms with van der Waals surface area (Å²) in [5.41, 5.74) is 4.09. The standard InChI is InChI=1S/C17H19N5O/c1-9-5-4-6-11(7-9)12-8-13(12)17(23)18-15-14-10(2)21-22(3)16(14)20-19-15/h4-7,12-13H,8H2,1-3H3,(H2,18,19,20,23). The average molecular weight is 309 g/mol. The number of nitrogens with one attached hydrogen (secondary N) is 2. The van der Waals surface area contributed by atoms with Gasteiger partial charge in [-0.15, -0.1) is 0 Å². The van der Waals surface area contributed by atoms with Crippen LogP contribution in [-0.2, 0) is 11.8 Å². The molecule has 0 aliphatic heterocycles. The molecule has 0 spiro atoms. The average Bonchev–Trinajstić information content (AvgIpc) is 3.13. The van der Waals surface area contributed by atoms with E-state index >= 15 is 0 Å². The molecule has 0 radical (unpaired) electrons. The Morgan fingerprint density at radius 2 is 2.22 bits per heavy atom. The molecule has 1 aliphatic rings. The van der Waals surface area contributed by atoms with Crippen LogP contribution in [0.15, 0.2) is 24.3 Å². The fraction of sp³-hybridized carbons (Fsp3) is 0.353. The Balaban J connectivity index is 1.52. The Morgan fingerprint density at radius 3 is 3.00 bits per heavy atom. The van der Waals surface area contributed by atoms with Crippen molar-refractivity contribution < 1.29 is 4.79 Å². The Kier molecular flexibility index (Phi) is 3.01. The van der Waals surface area contributed by atoms with E-state index in [9.17, 15) is 4.79 Å². The van der Waals surface area contributed by atoms with Gasteiger partial charge in [-0.2, -0.15) is 10.2 Å². The lowest BCUT2D eigenvalue weighted by Gasteiger charge is -2.04. The molecule has 1 amide bonds. The highest BCUT2D eigenvalue weighted by Gasteiger charge is 2.44. The smallest absolute Gasteiger partial charge is 0.229 e. The number of anilines is 1. The van der Waals surface area contributed by atoms with Crippen LogP contribution in [-0.4, -0.2) is 25.9 Å². The number of H-pyrrole nitrogens is 1. The van der Waals surface area contributed by atoms with Crippen LogP contribution in [0.2, 0.25) is 0 Å². The number of benzene rings is 1. The molecule has 3 aromatic rings. The lowest BCUT2D eigenvalue weighted by atomic mass is 10.1. The number of rotatable bonds is 3. The molecule has 1 saturated carbocycles. The van der Waals surface area contributed by atoms with E-state index in [0.29, 0.717) is 11.7 Å². The van der Waals surface area contributed by atoms with Crippen LogP contribution in [0.3, 0.4) is 0 Å². The largest absolute Gasteiger partial charge is 0.310 e. The van der Waals surface area contributed by atoms with Crippen molar-refractivity contribution in [3.8, 4) is 0 Å². The highest BCUT2D eigenvalue weighted by atomic mass is 16.2. The molecule has 0 bridgehead atoms. The number of nitrogens with zero attached hydrogens (tertiary/aromatic N) is 3. The van der Waals surface area contributed by atoms with E-state index in [2.05, 4.69) is 51.8 Å². The molecule has 1 aliphatic carbocycles. The van der Waals surface area contributed by atoms with Crippen molar-refractivity contribution in [2.45, 2.75) is 26.2 Å². The molecule has 2 unspecified atom stereocenters. The zero-order valence-electron chi connectivity index (χ0n) is 13.4. The highest BCUT2D eigenvalue weighted by molar-refractivity contribution is 6.02. The van der Waals surface area contributed by atoms with E-state index in [1.165, 1.54) is 11.1 Å². The minimum Gasteiger partial charge on any atom is -0.310 e. The van der Waals surface area contributed by atoms with Gasteiger partial charge < -0.3 is 5.32 Å². The monoisotopic (exact) mass is 309 g/mol. The molecule has 2 aromatic heterocycles. The molecule has 1 aromatic carbocycles. The van der Waals surface area contributed by atoms with Gasteiger partial charge >= 0.3 is 0 Å². The van der Waals surface area contributed by atoms with Gasteiger partial charge in [0.2, 0.25) is 5.91 Å². The fourth-order valence-corrected chi connectivity index (χ4v) is 3.29. The van der Waals surface area contributed by atoms with Gasteiger partial charge in [0.15, 0.2) is 5.65 Å². The number of amides is 1. The maximum Gasteiger partial charge on any atom is 0.229 e. The number of carbonyl (C=O) groups excluding carboxylic acids is 1. The summed E-state index contributed by atoms with van der Waals surface area (Å²) in [7, 11) is 1.84. The third kappa shape index (κ3) is 2.30. The molecule has 2 N–H and O–H groups in total. The van der Waals surface area contributed by atoms with E-state index in [-0.39, 0.29) is 11.8 Å². The first-order valence-electron chi connectivity index (χ1n) is 7.79. The van der Waals surface area contributed by atoms with E-state index in [0.717, 1.165) is 23.1 Å². The van der Waals surface area contributed by atoms with Crippen molar-refractivity contribution in [1.29, 1.82) is 0 Å². The lowest BCUT2D eigenvalue weighted by molar-refractivity contribution is -0.117. The first-order valence-corrected chi connectivity index (χ1v) is 7.79. The highest BCUT2D eigenvalue weighted by Crippen LogP contribution is 2.48. The summed E-state index contributed by atoms with van der Waals surface area (Å²) in [5, 5.41) is 15.3. The predicted octanol–water partition coefficient (Wildman–Crippen LogP) is 2.66. The van der Waals surface area contributed by atoms with Crippen LogP contribution >= 0.6 is 0 Å². The summed E-state index contributed by atoms with van der Waals surface area (Å²) >= 11 is 0. The first kappa shape index (κ1) is 14.0. The molecule has 23 heavy (non-hydrogen) atoms. The third-order valence-corrected chi connectivity index (χ3v) is 4.56. The Labute approximate surface area is 133 Å². The van der Waals surface area contributed by atoms with Gasteiger partial charge in [0.1, 0.15) is 5.82 Å². The molecule has 1 fully saturated rings. The number of aromatic nitrogens is 4. The minimum atomic E-state index is 0.0344. The topological polar surface area (TPSA) is 75.6 Å². The molecule has 2 atom stereocenters. The predicted molar refractivity (Wildman–Crippen MR) is 88.3 cm³/mol. The van der Waals surface area contributed by atoms with Gasteiger partial charge in [-0.05, 0) is 31.7 Å². The molecule has 6 nitrogen and oxygen atoms in total. The second-order valence-electron chi connectivity index (χ2n) is 6.36. The number of aryl methyl sites for hydroxylation is 3. The Hall–Kier alpha value is -2.63. The van der Waals surface area contributed by atoms with Crippen LogP contribution in [0, 0.1) is 19.8 Å². The van der Waals surface area contributed by atoms with Gasteiger partial charge in [-0.25, -0.2) is 4.68 Å². The van der Waals surface area contributed by atoms with Crippen LogP contribution in [0.5, 0.6) is 0 Å². The van der Waals surface area contributed by atoms with Crippen molar-refractivity contribution in [3.05, 3.63) is 41.1 Å². The summed E-state index contributed by atoms with van der Waals surface area (Å²) in [4.78, 5) is 12.5. The quantitative estimate of drug-likeness (QED) is 0.781. The number of hydrogen-bond acceptors (Lipinski definition) is 3. The Morgan fingerprint density at radius 1 is 1.39 bits per heavy atom. The van der Waals surface area contributed by atoms with E-state index in [1.54, 1.807) is 4.68 Å². The van der Waals surface area contributed by atoms with Crippen molar-refractivity contribution in [1.82, 2.24) is 20.0 Å². The van der Waals surface area contributed by atoms with Crippen LogP contribution in [0.25, 0.3) is 11.0 Å². The maximum atomic E-state index is 12.5. The molecular formula is C17H19N5O. The molecule has 0 saturated heterocycles. The van der Waals surface area contributed by atoms with E-state index < -0.39 is 0 Å². The van der Waals surface area contributed by atoms with Crippen LogP contribution in [0.4, 0.5) is 5.82 Å². The molecule has 4 rings (SSSR count). The van der Waals surface area contributed by atoms with Crippen molar-refractivity contribution in [3.63, 3.8) is 0 Å². The zero-order chi connectivity index (χ0) is 16.1. The van der Waals surface area contributed by atoms with E-state index in [1.807, 2.05) is 14.0 Å². The van der Waals surface area contributed by atoms with Crippen molar-refractivity contribution in [2.24, 2.45) is 13.0 Å². The normalized spacial score (nSPS) is 20.0. The van der Waals surface area contributed by atoms with Gasteiger partial charge in [-0.3, -0.25) is 9.89 Å². The van der Waals surface area contributed by atoms with Crippen LogP contribution < -0.4 is 5.32 Å². The van der Waals surface area contributed by atoms with Gasteiger partial charge in [-0.1, -0.05) is 29.8 Å². The third-order valence-electron chi connectivity index (χ3n) is 4.56. The van der Waals surface area contributed by atoms with Gasteiger partial charge in [0.05, 0.1) is 11.1 Å². The zero-order valence-corrected chi connectivity index (χ0v) is 13.4. The second kappa shape index (κ2) is 4.94. The van der Waals surface area contributed by atoms with Gasteiger partial charge in [0, 0.05) is 13.0 Å². The number of hydrogen-bond donors (Lipinski definition) is 2. The Bertz CT molecular complexity index is 907. The SMILES string of the molecule is Cc1cccc(C2CC2C(=O)Nc2[nH]nc3c2c(C)nn3C)c1. The number of aromatic amines is 1. The summed E-state index contributed by atoms with van der Waals surface area (Å²) in [5.74, 6) is 1.05. The molecule has 6 heteroatoms.